The third-order valence-electron chi connectivity index (χ3n) is 7.10. The molecule has 1 aliphatic rings. The molecule has 1 aliphatic heterocycles. The first-order valence-electron chi connectivity index (χ1n) is 10.8. The lowest BCUT2D eigenvalue weighted by molar-refractivity contribution is -0.0483. The molecule has 1 fully saturated rings. The van der Waals surface area contributed by atoms with Crippen LogP contribution in [0.2, 0.25) is 36.3 Å². The molecule has 31 heavy (non-hydrogen) atoms. The summed E-state index contributed by atoms with van der Waals surface area (Å²) in [6.45, 7) is 26.4. The molecular formula is C22H40N2O5Si2. The summed E-state index contributed by atoms with van der Waals surface area (Å²) in [5, 5.41) is 0.0444. The van der Waals surface area contributed by atoms with Crippen molar-refractivity contribution in [2.75, 3.05) is 6.61 Å². The number of nitrogens with one attached hydrogen (secondary N) is 1. The van der Waals surface area contributed by atoms with Gasteiger partial charge in [0.1, 0.15) is 12.2 Å². The van der Waals surface area contributed by atoms with Gasteiger partial charge >= 0.3 is 5.69 Å². The first-order valence-corrected chi connectivity index (χ1v) is 16.7. The standard InChI is InChI=1S/C22H40N2O5Si2/c1-15-16(14-27-30(8,9)21(2,3)4)28-19(24-13-12-17(25)23-20(24)26)18(15)29-31(10,11)22(5,6)7/h12-13,16,18-19H,1,14H2,2-11H3,(H,23,25,26)/t16-,18-,19-/m1/s1. The first-order chi connectivity index (χ1) is 13.9. The molecule has 1 N–H and O–H groups in total. The van der Waals surface area contributed by atoms with E-state index in [1.165, 1.54) is 16.8 Å². The Morgan fingerprint density at radius 1 is 1.06 bits per heavy atom. The lowest BCUT2D eigenvalue weighted by Gasteiger charge is -2.39. The van der Waals surface area contributed by atoms with Gasteiger partial charge in [0.05, 0.1) is 6.61 Å². The Morgan fingerprint density at radius 3 is 2.10 bits per heavy atom. The molecule has 3 atom stereocenters. The van der Waals surface area contributed by atoms with Crippen LogP contribution in [0.3, 0.4) is 0 Å². The van der Waals surface area contributed by atoms with Gasteiger partial charge in [-0.25, -0.2) is 4.79 Å². The zero-order chi connectivity index (χ0) is 24.0. The van der Waals surface area contributed by atoms with Crippen molar-refractivity contribution in [3.05, 3.63) is 45.3 Å². The van der Waals surface area contributed by atoms with Gasteiger partial charge in [-0.2, -0.15) is 0 Å². The van der Waals surface area contributed by atoms with Gasteiger partial charge in [-0.1, -0.05) is 48.1 Å². The van der Waals surface area contributed by atoms with Crippen LogP contribution in [-0.2, 0) is 13.6 Å². The Kier molecular flexibility index (Phi) is 7.20. The lowest BCUT2D eigenvalue weighted by atomic mass is 10.1. The van der Waals surface area contributed by atoms with Crippen LogP contribution in [0.25, 0.3) is 0 Å². The fourth-order valence-corrected chi connectivity index (χ4v) is 5.06. The van der Waals surface area contributed by atoms with Crippen LogP contribution < -0.4 is 11.2 Å². The summed E-state index contributed by atoms with van der Waals surface area (Å²) in [4.78, 5) is 26.4. The normalized spacial score (nSPS) is 23.4. The highest BCUT2D eigenvalue weighted by atomic mass is 28.4. The van der Waals surface area contributed by atoms with Gasteiger partial charge in [0, 0.05) is 12.3 Å². The number of aromatic nitrogens is 2. The summed E-state index contributed by atoms with van der Waals surface area (Å²) < 4.78 is 20.7. The molecule has 0 spiro atoms. The molecule has 9 heteroatoms. The number of hydrogen-bond donors (Lipinski definition) is 1. The Hall–Kier alpha value is -1.27. The third-order valence-corrected chi connectivity index (χ3v) is 16.1. The molecule has 0 radical (unpaired) electrons. The number of aromatic amines is 1. The van der Waals surface area contributed by atoms with Crippen LogP contribution in [0, 0.1) is 0 Å². The predicted molar refractivity (Wildman–Crippen MR) is 130 cm³/mol. The second-order valence-corrected chi connectivity index (χ2v) is 21.0. The highest BCUT2D eigenvalue weighted by Crippen LogP contribution is 2.43. The van der Waals surface area contributed by atoms with E-state index in [9.17, 15) is 9.59 Å². The zero-order valence-corrected chi connectivity index (χ0v) is 22.8. The maximum Gasteiger partial charge on any atom is 0.330 e. The van der Waals surface area contributed by atoms with E-state index in [0.29, 0.717) is 6.61 Å². The van der Waals surface area contributed by atoms with Gasteiger partial charge in [0.25, 0.3) is 5.56 Å². The van der Waals surface area contributed by atoms with Gasteiger partial charge in [0.15, 0.2) is 22.9 Å². The monoisotopic (exact) mass is 468 g/mol. The average Bonchev–Trinajstić information content (AvgIpc) is 2.87. The van der Waals surface area contributed by atoms with Crippen molar-refractivity contribution in [3.8, 4) is 0 Å². The molecule has 176 valence electrons. The van der Waals surface area contributed by atoms with Crippen LogP contribution in [0.1, 0.15) is 47.8 Å². The molecule has 0 aliphatic carbocycles. The van der Waals surface area contributed by atoms with Crippen molar-refractivity contribution in [2.24, 2.45) is 0 Å². The molecule has 0 unspecified atom stereocenters. The highest BCUT2D eigenvalue weighted by molar-refractivity contribution is 6.74. The molecule has 7 nitrogen and oxygen atoms in total. The molecule has 0 aromatic carbocycles. The topological polar surface area (TPSA) is 82.6 Å². The minimum atomic E-state index is -2.19. The Balaban J connectivity index is 2.38. The van der Waals surface area contributed by atoms with Crippen LogP contribution >= 0.6 is 0 Å². The minimum Gasteiger partial charge on any atom is -0.414 e. The van der Waals surface area contributed by atoms with Gasteiger partial charge < -0.3 is 13.6 Å². The zero-order valence-electron chi connectivity index (χ0n) is 20.8. The second-order valence-electron chi connectivity index (χ2n) is 11.5. The van der Waals surface area contributed by atoms with Gasteiger partial charge in [0.2, 0.25) is 0 Å². The average molecular weight is 469 g/mol. The van der Waals surface area contributed by atoms with E-state index in [2.05, 4.69) is 79.3 Å². The van der Waals surface area contributed by atoms with E-state index >= 15 is 0 Å². The van der Waals surface area contributed by atoms with E-state index in [4.69, 9.17) is 13.6 Å². The van der Waals surface area contributed by atoms with Crippen molar-refractivity contribution < 1.29 is 13.6 Å². The number of H-pyrrole nitrogens is 1. The largest absolute Gasteiger partial charge is 0.414 e. The number of nitrogens with zero attached hydrogens (tertiary/aromatic N) is 1. The van der Waals surface area contributed by atoms with Gasteiger partial charge in [-0.15, -0.1) is 0 Å². The van der Waals surface area contributed by atoms with E-state index < -0.39 is 46.3 Å². The Bertz CT molecular complexity index is 921. The molecule has 1 aromatic heterocycles. The summed E-state index contributed by atoms with van der Waals surface area (Å²) in [5.41, 5.74) is -0.204. The molecule has 2 heterocycles. The quantitative estimate of drug-likeness (QED) is 0.494. The Labute approximate surface area is 188 Å². The van der Waals surface area contributed by atoms with Crippen LogP contribution in [0.15, 0.2) is 34.0 Å². The molecule has 0 bridgehead atoms. The molecule has 1 aromatic rings. The molecule has 0 saturated carbocycles. The van der Waals surface area contributed by atoms with E-state index in [0.717, 1.165) is 5.57 Å². The summed E-state index contributed by atoms with van der Waals surface area (Å²) in [6.07, 6.45) is -0.151. The maximum atomic E-state index is 12.5. The summed E-state index contributed by atoms with van der Waals surface area (Å²) in [6, 6.07) is 1.32. The minimum absolute atomic E-state index is 0.0243. The Morgan fingerprint density at radius 2 is 1.61 bits per heavy atom. The van der Waals surface area contributed by atoms with Gasteiger partial charge in [-0.05, 0) is 41.8 Å². The van der Waals surface area contributed by atoms with E-state index in [1.807, 2.05) is 0 Å². The van der Waals surface area contributed by atoms with Crippen LogP contribution in [-0.4, -0.2) is 45.0 Å². The number of ether oxygens (including phenoxy) is 1. The lowest BCUT2D eigenvalue weighted by Crippen LogP contribution is -2.46. The molecule has 1 saturated heterocycles. The highest BCUT2D eigenvalue weighted by Gasteiger charge is 2.48. The van der Waals surface area contributed by atoms with Crippen LogP contribution in [0.5, 0.6) is 0 Å². The fraction of sp³-hybridized carbons (Fsp3) is 0.727. The molecular weight excluding hydrogens is 428 g/mol. The SMILES string of the molecule is C=C1[C@@H](O[Si](C)(C)C(C)(C)C)[C@H](n2ccc(=O)[nH]c2=O)O[C@@H]1CO[Si](C)(C)C(C)(C)C. The van der Waals surface area contributed by atoms with Crippen LogP contribution in [0.4, 0.5) is 0 Å². The molecule has 2 rings (SSSR count). The van der Waals surface area contributed by atoms with Crippen molar-refractivity contribution in [3.63, 3.8) is 0 Å². The van der Waals surface area contributed by atoms with Gasteiger partial charge in [-0.3, -0.25) is 14.3 Å². The summed E-state index contributed by atoms with van der Waals surface area (Å²) in [7, 11) is -4.18. The number of hydrogen-bond acceptors (Lipinski definition) is 5. The summed E-state index contributed by atoms with van der Waals surface area (Å²) in [5.74, 6) is 0. The second kappa shape index (κ2) is 8.59. The van der Waals surface area contributed by atoms with E-state index in [1.54, 1.807) is 0 Å². The van der Waals surface area contributed by atoms with Crippen molar-refractivity contribution in [2.45, 2.75) is 96.2 Å². The number of rotatable bonds is 6. The smallest absolute Gasteiger partial charge is 0.330 e. The third kappa shape index (κ3) is 5.57. The maximum absolute atomic E-state index is 12.5. The predicted octanol–water partition coefficient (Wildman–Crippen LogP) is 4.40. The van der Waals surface area contributed by atoms with Crippen molar-refractivity contribution in [1.82, 2.24) is 9.55 Å². The first kappa shape index (κ1) is 26.0. The van der Waals surface area contributed by atoms with Crippen molar-refractivity contribution >= 4 is 16.6 Å². The van der Waals surface area contributed by atoms with Crippen molar-refractivity contribution in [1.29, 1.82) is 0 Å². The summed E-state index contributed by atoms with van der Waals surface area (Å²) >= 11 is 0. The van der Waals surface area contributed by atoms with E-state index in [-0.39, 0.29) is 10.1 Å². The fourth-order valence-electron chi connectivity index (χ4n) is 2.81. The molecule has 0 amide bonds.